The van der Waals surface area contributed by atoms with E-state index in [-0.39, 0.29) is 11.8 Å². The van der Waals surface area contributed by atoms with E-state index in [1.54, 1.807) is 6.07 Å². The van der Waals surface area contributed by atoms with E-state index in [1.165, 1.54) is 11.4 Å². The number of aromatic hydroxyl groups is 1. The number of likely N-dealkylation sites (N-methyl/N-ethyl adjacent to an activating group) is 1. The molecule has 0 amide bonds. The van der Waals surface area contributed by atoms with Gasteiger partial charge < -0.3 is 20.6 Å². The van der Waals surface area contributed by atoms with Crippen molar-refractivity contribution >= 4 is 17.1 Å². The van der Waals surface area contributed by atoms with Crippen molar-refractivity contribution < 1.29 is 5.11 Å². The summed E-state index contributed by atoms with van der Waals surface area (Å²) < 4.78 is 0. The van der Waals surface area contributed by atoms with Gasteiger partial charge in [-0.2, -0.15) is 0 Å². The Morgan fingerprint density at radius 1 is 1.10 bits per heavy atom. The van der Waals surface area contributed by atoms with Crippen molar-refractivity contribution in [1.29, 1.82) is 0 Å². The first kappa shape index (κ1) is 13.8. The molecule has 3 N–H and O–H groups in total. The molecule has 0 fully saturated rings. The van der Waals surface area contributed by atoms with Crippen molar-refractivity contribution in [1.82, 2.24) is 0 Å². The Balaban J connectivity index is 2.02. The molecule has 1 atom stereocenters. The summed E-state index contributed by atoms with van der Waals surface area (Å²) >= 11 is 0. The zero-order valence-electron chi connectivity index (χ0n) is 12.5. The average Bonchev–Trinajstić information content (AvgIpc) is 2.47. The van der Waals surface area contributed by atoms with Gasteiger partial charge in [0.05, 0.1) is 11.4 Å². The predicted octanol–water partition coefficient (Wildman–Crippen LogP) is 3.00. The third-order valence-corrected chi connectivity index (χ3v) is 4.06. The third kappa shape index (κ3) is 2.43. The summed E-state index contributed by atoms with van der Waals surface area (Å²) in [6.45, 7) is 3.72. The van der Waals surface area contributed by atoms with Gasteiger partial charge in [0.2, 0.25) is 0 Å². The van der Waals surface area contributed by atoms with Crippen LogP contribution in [0.15, 0.2) is 42.5 Å². The molecule has 110 valence electrons. The lowest BCUT2D eigenvalue weighted by molar-refractivity contribution is 0.464. The predicted molar refractivity (Wildman–Crippen MR) is 87.4 cm³/mol. The van der Waals surface area contributed by atoms with Gasteiger partial charge in [-0.3, -0.25) is 0 Å². The highest BCUT2D eigenvalue weighted by Gasteiger charge is 2.21. The molecule has 0 aromatic heterocycles. The van der Waals surface area contributed by atoms with Crippen LogP contribution >= 0.6 is 0 Å². The van der Waals surface area contributed by atoms with Crippen molar-refractivity contribution in [2.45, 2.75) is 13.0 Å². The second kappa shape index (κ2) is 5.30. The highest BCUT2D eigenvalue weighted by atomic mass is 16.3. The number of fused-ring (bicyclic) bond motifs is 1. The monoisotopic (exact) mass is 283 g/mol. The van der Waals surface area contributed by atoms with Crippen molar-refractivity contribution in [2.24, 2.45) is 5.73 Å². The van der Waals surface area contributed by atoms with Crippen molar-refractivity contribution in [2.75, 3.05) is 29.9 Å². The van der Waals surface area contributed by atoms with Gasteiger partial charge in [0.1, 0.15) is 5.75 Å². The molecule has 4 heteroatoms. The fourth-order valence-electron chi connectivity index (χ4n) is 2.86. The van der Waals surface area contributed by atoms with E-state index in [4.69, 9.17) is 5.73 Å². The SMILES string of the molecule is CC(N)c1ccc(N2CCN(C)c3ccccc32)cc1O. The molecule has 0 spiro atoms. The van der Waals surface area contributed by atoms with Crippen LogP contribution in [0.25, 0.3) is 0 Å². The van der Waals surface area contributed by atoms with Gasteiger partial charge in [-0.15, -0.1) is 0 Å². The van der Waals surface area contributed by atoms with Crippen LogP contribution in [-0.4, -0.2) is 25.2 Å². The van der Waals surface area contributed by atoms with Crippen LogP contribution in [0.5, 0.6) is 5.75 Å². The van der Waals surface area contributed by atoms with E-state index in [1.807, 2.05) is 25.1 Å². The van der Waals surface area contributed by atoms with Gasteiger partial charge in [-0.1, -0.05) is 18.2 Å². The highest BCUT2D eigenvalue weighted by molar-refractivity contribution is 5.79. The number of phenolic OH excluding ortho intramolecular Hbond substituents is 1. The number of para-hydroxylation sites is 2. The number of hydrogen-bond donors (Lipinski definition) is 2. The van der Waals surface area contributed by atoms with Crippen molar-refractivity contribution in [3.8, 4) is 5.75 Å². The first-order valence-corrected chi connectivity index (χ1v) is 7.24. The zero-order chi connectivity index (χ0) is 15.0. The van der Waals surface area contributed by atoms with Gasteiger partial charge in [0, 0.05) is 43.5 Å². The number of phenols is 1. The van der Waals surface area contributed by atoms with Crippen molar-refractivity contribution in [3.05, 3.63) is 48.0 Å². The number of hydrogen-bond acceptors (Lipinski definition) is 4. The molecule has 1 aliphatic rings. The first-order valence-electron chi connectivity index (χ1n) is 7.24. The van der Waals surface area contributed by atoms with Gasteiger partial charge in [0.25, 0.3) is 0 Å². The quantitative estimate of drug-likeness (QED) is 0.889. The van der Waals surface area contributed by atoms with Crippen molar-refractivity contribution in [3.63, 3.8) is 0 Å². The molecule has 0 saturated heterocycles. The Labute approximate surface area is 125 Å². The Bertz CT molecular complexity index is 654. The second-order valence-corrected chi connectivity index (χ2v) is 5.59. The fourth-order valence-corrected chi connectivity index (χ4v) is 2.86. The van der Waals surface area contributed by atoms with Crippen LogP contribution in [0.3, 0.4) is 0 Å². The maximum absolute atomic E-state index is 10.2. The molecular formula is C17H21N3O. The van der Waals surface area contributed by atoms with E-state index >= 15 is 0 Å². The molecule has 0 bridgehead atoms. The van der Waals surface area contributed by atoms with E-state index < -0.39 is 0 Å². The van der Waals surface area contributed by atoms with E-state index in [0.717, 1.165) is 24.3 Å². The molecule has 2 aromatic carbocycles. The summed E-state index contributed by atoms with van der Waals surface area (Å²) in [6, 6.07) is 13.9. The highest BCUT2D eigenvalue weighted by Crippen LogP contribution is 2.38. The lowest BCUT2D eigenvalue weighted by Crippen LogP contribution is -2.36. The molecule has 0 aliphatic carbocycles. The second-order valence-electron chi connectivity index (χ2n) is 5.59. The smallest absolute Gasteiger partial charge is 0.122 e. The Kier molecular flexibility index (Phi) is 3.47. The van der Waals surface area contributed by atoms with Gasteiger partial charge in [-0.05, 0) is 25.1 Å². The van der Waals surface area contributed by atoms with Gasteiger partial charge in [0.15, 0.2) is 0 Å². The van der Waals surface area contributed by atoms with Crippen LogP contribution in [0.4, 0.5) is 17.1 Å². The zero-order valence-corrected chi connectivity index (χ0v) is 12.5. The molecule has 0 radical (unpaired) electrons. The van der Waals surface area contributed by atoms with Crippen LogP contribution in [-0.2, 0) is 0 Å². The van der Waals surface area contributed by atoms with E-state index in [9.17, 15) is 5.11 Å². The number of anilines is 3. The summed E-state index contributed by atoms with van der Waals surface area (Å²) in [6.07, 6.45) is 0. The molecule has 4 nitrogen and oxygen atoms in total. The Morgan fingerprint density at radius 2 is 1.81 bits per heavy atom. The lowest BCUT2D eigenvalue weighted by Gasteiger charge is -2.37. The summed E-state index contributed by atoms with van der Waals surface area (Å²) in [5.74, 6) is 0.263. The van der Waals surface area contributed by atoms with Crippen LogP contribution in [0, 0.1) is 0 Å². The standard InChI is InChI=1S/C17H21N3O/c1-12(18)14-8-7-13(11-17(14)21)20-10-9-19(2)15-5-3-4-6-16(15)20/h3-8,11-12,21H,9-10,18H2,1-2H3. The fraction of sp³-hybridized carbons (Fsp3) is 0.294. The molecule has 1 aliphatic heterocycles. The van der Waals surface area contributed by atoms with E-state index in [2.05, 4.69) is 35.0 Å². The topological polar surface area (TPSA) is 52.7 Å². The van der Waals surface area contributed by atoms with Gasteiger partial charge >= 0.3 is 0 Å². The normalized spacial score (nSPS) is 15.8. The van der Waals surface area contributed by atoms with Crippen LogP contribution < -0.4 is 15.5 Å². The summed E-state index contributed by atoms with van der Waals surface area (Å²) in [4.78, 5) is 4.49. The molecule has 0 saturated carbocycles. The minimum absolute atomic E-state index is 0.168. The molecule has 3 rings (SSSR count). The lowest BCUT2D eigenvalue weighted by atomic mass is 10.1. The Morgan fingerprint density at radius 3 is 2.48 bits per heavy atom. The summed E-state index contributed by atoms with van der Waals surface area (Å²) in [5, 5.41) is 10.2. The third-order valence-electron chi connectivity index (χ3n) is 4.06. The number of rotatable bonds is 2. The van der Waals surface area contributed by atoms with Crippen LogP contribution in [0.1, 0.15) is 18.5 Å². The minimum atomic E-state index is -0.168. The molecular weight excluding hydrogens is 262 g/mol. The first-order chi connectivity index (χ1) is 10.1. The number of nitrogens with two attached hydrogens (primary N) is 1. The van der Waals surface area contributed by atoms with E-state index in [0.29, 0.717) is 0 Å². The largest absolute Gasteiger partial charge is 0.508 e. The van der Waals surface area contributed by atoms with Crippen LogP contribution in [0.2, 0.25) is 0 Å². The summed E-state index contributed by atoms with van der Waals surface area (Å²) in [7, 11) is 2.10. The minimum Gasteiger partial charge on any atom is -0.508 e. The maximum Gasteiger partial charge on any atom is 0.122 e. The van der Waals surface area contributed by atoms with Gasteiger partial charge in [-0.25, -0.2) is 0 Å². The Hall–Kier alpha value is -2.20. The maximum atomic E-state index is 10.2. The number of benzene rings is 2. The molecule has 1 unspecified atom stereocenters. The number of nitrogens with zero attached hydrogens (tertiary/aromatic N) is 2. The molecule has 1 heterocycles. The summed E-state index contributed by atoms with van der Waals surface area (Å²) in [5.41, 5.74) is 10.0. The molecule has 2 aromatic rings. The average molecular weight is 283 g/mol. The molecule has 21 heavy (non-hydrogen) atoms.